The highest BCUT2D eigenvalue weighted by molar-refractivity contribution is 6.31. The number of rotatable bonds is 2. The van der Waals surface area contributed by atoms with Crippen LogP contribution in [0.1, 0.15) is 0 Å². The van der Waals surface area contributed by atoms with Crippen molar-refractivity contribution in [1.82, 2.24) is 0 Å². The molecule has 2 heterocycles. The summed E-state index contributed by atoms with van der Waals surface area (Å²) in [7, 11) is 0. The van der Waals surface area contributed by atoms with E-state index in [9.17, 15) is 9.60 Å². The monoisotopic (exact) mass is 293 g/mol. The Morgan fingerprint density at radius 3 is 2.90 bits per heavy atom. The average molecular weight is 294 g/mol. The van der Waals surface area contributed by atoms with E-state index in [0.717, 1.165) is 0 Å². The van der Waals surface area contributed by atoms with Gasteiger partial charge in [0.25, 0.3) is 0 Å². The first kappa shape index (κ1) is 12.6. The Bertz CT molecular complexity index is 804. The molecule has 0 fully saturated rings. The third-order valence-electron chi connectivity index (χ3n) is 2.82. The van der Waals surface area contributed by atoms with Gasteiger partial charge in [0.05, 0.1) is 10.4 Å². The van der Waals surface area contributed by atoms with Crippen molar-refractivity contribution in [1.29, 1.82) is 0 Å². The number of hydrogen-bond acceptors (Lipinski definition) is 4. The molecule has 3 N–H and O–H groups in total. The van der Waals surface area contributed by atoms with Gasteiger partial charge < -0.3 is 20.7 Å². The zero-order valence-corrected chi connectivity index (χ0v) is 10.8. The molecule has 7 heteroatoms. The number of aromatic nitrogens is 1. The zero-order valence-electron chi connectivity index (χ0n) is 10.1. The number of nitrogens with zero attached hydrogens (tertiary/aromatic N) is 1. The van der Waals surface area contributed by atoms with Gasteiger partial charge in [0.15, 0.2) is 6.20 Å². The fourth-order valence-corrected chi connectivity index (χ4v) is 2.08. The summed E-state index contributed by atoms with van der Waals surface area (Å²) < 4.78 is 19.0. The summed E-state index contributed by atoms with van der Waals surface area (Å²) in [5, 5.41) is 14.8. The molecule has 3 aromatic rings. The van der Waals surface area contributed by atoms with Crippen molar-refractivity contribution in [3.05, 3.63) is 52.7 Å². The molecule has 0 spiro atoms. The van der Waals surface area contributed by atoms with E-state index in [1.165, 1.54) is 30.6 Å². The third-order valence-corrected chi connectivity index (χ3v) is 3.11. The zero-order chi connectivity index (χ0) is 14.3. The molecule has 20 heavy (non-hydrogen) atoms. The molecule has 0 unspecified atom stereocenters. The average Bonchev–Trinajstić information content (AvgIpc) is 2.69. The second kappa shape index (κ2) is 4.57. The van der Waals surface area contributed by atoms with Crippen molar-refractivity contribution in [2.45, 2.75) is 0 Å². The lowest BCUT2D eigenvalue weighted by Gasteiger charge is -2.06. The van der Waals surface area contributed by atoms with Gasteiger partial charge in [-0.05, 0) is 18.2 Å². The predicted octanol–water partition coefficient (Wildman–Crippen LogP) is 3.18. The largest absolute Gasteiger partial charge is 0.619 e. The van der Waals surface area contributed by atoms with Crippen LogP contribution in [0.25, 0.3) is 11.0 Å². The highest BCUT2D eigenvalue weighted by Crippen LogP contribution is 2.34. The number of anilines is 3. The van der Waals surface area contributed by atoms with Crippen molar-refractivity contribution >= 4 is 39.8 Å². The Morgan fingerprint density at radius 2 is 2.15 bits per heavy atom. The fraction of sp³-hybridized carbons (Fsp3) is 0. The molecule has 0 bridgehead atoms. The molecular weight excluding hydrogens is 285 g/mol. The van der Waals surface area contributed by atoms with Crippen LogP contribution in [0.5, 0.6) is 0 Å². The van der Waals surface area contributed by atoms with Gasteiger partial charge in [0.2, 0.25) is 17.7 Å². The minimum absolute atomic E-state index is 0.00114. The number of nitrogens with one attached hydrogen (secondary N) is 1. The quantitative estimate of drug-likeness (QED) is 0.562. The van der Waals surface area contributed by atoms with E-state index in [0.29, 0.717) is 27.1 Å². The van der Waals surface area contributed by atoms with Gasteiger partial charge in [-0.3, -0.25) is 0 Å². The van der Waals surface area contributed by atoms with Crippen molar-refractivity contribution in [2.24, 2.45) is 0 Å². The van der Waals surface area contributed by atoms with Crippen LogP contribution in [0.3, 0.4) is 0 Å². The summed E-state index contributed by atoms with van der Waals surface area (Å²) in [6, 6.07) is 5.78. The van der Waals surface area contributed by atoms with Crippen molar-refractivity contribution in [3.8, 4) is 0 Å². The second-order valence-corrected chi connectivity index (χ2v) is 4.59. The first-order chi connectivity index (χ1) is 9.54. The smallest absolute Gasteiger partial charge is 0.223 e. The number of halogens is 2. The van der Waals surface area contributed by atoms with Gasteiger partial charge >= 0.3 is 0 Å². The lowest BCUT2D eigenvalue weighted by Crippen LogP contribution is -2.23. The first-order valence-electron chi connectivity index (χ1n) is 5.67. The van der Waals surface area contributed by atoms with E-state index in [1.807, 2.05) is 0 Å². The minimum Gasteiger partial charge on any atom is -0.619 e. The Morgan fingerprint density at radius 1 is 1.35 bits per heavy atom. The topological polar surface area (TPSA) is 78.1 Å². The minimum atomic E-state index is -0.505. The van der Waals surface area contributed by atoms with Crippen LogP contribution >= 0.6 is 11.6 Å². The van der Waals surface area contributed by atoms with E-state index >= 15 is 0 Å². The van der Waals surface area contributed by atoms with E-state index in [1.54, 1.807) is 6.07 Å². The Balaban J connectivity index is 2.05. The maximum Gasteiger partial charge on any atom is 0.223 e. The third kappa shape index (κ3) is 2.10. The summed E-state index contributed by atoms with van der Waals surface area (Å²) >= 11 is 5.72. The lowest BCUT2D eigenvalue weighted by atomic mass is 10.2. The van der Waals surface area contributed by atoms with Crippen LogP contribution in [0.2, 0.25) is 5.02 Å². The van der Waals surface area contributed by atoms with Crippen molar-refractivity contribution in [2.75, 3.05) is 11.1 Å². The summed E-state index contributed by atoms with van der Waals surface area (Å²) in [6.45, 7) is 0. The molecule has 1 aromatic carbocycles. The number of nitrogen functional groups attached to an aromatic ring is 1. The van der Waals surface area contributed by atoms with Gasteiger partial charge in [-0.15, -0.1) is 0 Å². The van der Waals surface area contributed by atoms with Gasteiger partial charge in [-0.1, -0.05) is 11.6 Å². The van der Waals surface area contributed by atoms with E-state index in [4.69, 9.17) is 21.8 Å². The molecule has 0 aliphatic carbocycles. The van der Waals surface area contributed by atoms with Crippen molar-refractivity contribution in [3.63, 3.8) is 0 Å². The Labute approximate surface area is 118 Å². The SMILES string of the molecule is Nc1oc2c[n+]([O-])ccc2c1Nc1ccc(F)c(Cl)c1. The number of furan rings is 1. The molecular formula is C13H9ClFN3O2. The van der Waals surface area contributed by atoms with Crippen LogP contribution in [0.4, 0.5) is 21.6 Å². The summed E-state index contributed by atoms with van der Waals surface area (Å²) in [5.41, 5.74) is 7.19. The highest BCUT2D eigenvalue weighted by Gasteiger charge is 2.14. The standard InChI is InChI=1S/C13H9ClFN3O2/c14-9-5-7(1-2-10(9)15)17-12-8-3-4-18(19)6-11(8)20-13(12)16/h1-6,17H,16H2. The van der Waals surface area contributed by atoms with Crippen LogP contribution < -0.4 is 15.8 Å². The van der Waals surface area contributed by atoms with Crippen LogP contribution in [-0.2, 0) is 0 Å². The summed E-state index contributed by atoms with van der Waals surface area (Å²) in [6.07, 6.45) is 2.61. The van der Waals surface area contributed by atoms with E-state index in [2.05, 4.69) is 5.32 Å². The Hall–Kier alpha value is -2.47. The molecule has 0 saturated heterocycles. The molecule has 0 aliphatic heterocycles. The molecule has 2 aromatic heterocycles. The number of nitrogens with two attached hydrogens (primary N) is 1. The van der Waals surface area contributed by atoms with Gasteiger partial charge in [-0.2, -0.15) is 4.73 Å². The fourth-order valence-electron chi connectivity index (χ4n) is 1.90. The Kier molecular flexibility index (Phi) is 2.87. The van der Waals surface area contributed by atoms with Crippen molar-refractivity contribution < 1.29 is 13.5 Å². The number of benzene rings is 1. The van der Waals surface area contributed by atoms with Crippen LogP contribution in [-0.4, -0.2) is 0 Å². The predicted molar refractivity (Wildman–Crippen MR) is 74.3 cm³/mol. The summed E-state index contributed by atoms with van der Waals surface area (Å²) in [4.78, 5) is 0. The molecule has 5 nitrogen and oxygen atoms in total. The molecule has 102 valence electrons. The van der Waals surface area contributed by atoms with Gasteiger partial charge in [0.1, 0.15) is 11.5 Å². The molecule has 0 amide bonds. The first-order valence-corrected chi connectivity index (χ1v) is 6.05. The number of hydrogen-bond donors (Lipinski definition) is 2. The maximum absolute atomic E-state index is 13.1. The molecule has 0 atom stereocenters. The van der Waals surface area contributed by atoms with Gasteiger partial charge in [-0.25, -0.2) is 4.39 Å². The van der Waals surface area contributed by atoms with E-state index < -0.39 is 5.82 Å². The van der Waals surface area contributed by atoms with Crippen LogP contribution in [0.15, 0.2) is 41.1 Å². The maximum atomic E-state index is 13.1. The normalized spacial score (nSPS) is 10.9. The number of fused-ring (bicyclic) bond motifs is 1. The molecule has 3 rings (SSSR count). The molecule has 0 aliphatic rings. The van der Waals surface area contributed by atoms with Gasteiger partial charge in [0, 0.05) is 11.8 Å². The highest BCUT2D eigenvalue weighted by atomic mass is 35.5. The number of pyridine rings is 1. The molecule has 0 radical (unpaired) electrons. The summed E-state index contributed by atoms with van der Waals surface area (Å²) in [5.74, 6) is -0.374. The van der Waals surface area contributed by atoms with Crippen LogP contribution in [0, 0.1) is 11.0 Å². The van der Waals surface area contributed by atoms with E-state index in [-0.39, 0.29) is 10.9 Å². The molecule has 0 saturated carbocycles. The lowest BCUT2D eigenvalue weighted by molar-refractivity contribution is -0.604. The second-order valence-electron chi connectivity index (χ2n) is 4.18.